The number of nitrogens with zero attached hydrogens (tertiary/aromatic N) is 4. The molecular weight excluding hydrogens is 465 g/mol. The number of amides is 1. The van der Waals surface area contributed by atoms with Gasteiger partial charge in [0.1, 0.15) is 29.6 Å². The van der Waals surface area contributed by atoms with Crippen LogP contribution in [-0.2, 0) is 11.4 Å². The van der Waals surface area contributed by atoms with Crippen LogP contribution < -0.4 is 9.47 Å². The van der Waals surface area contributed by atoms with Crippen molar-refractivity contribution in [3.05, 3.63) is 70.2 Å². The number of hydrogen-bond donors (Lipinski definition) is 0. The molecule has 1 unspecified atom stereocenters. The fourth-order valence-corrected chi connectivity index (χ4v) is 3.51. The SMILES string of the molecule is O=C(C(F)Oc1ccc(Cl)c(F)c1)N1CC[C@H](n2cc(COc3ccc(Cl)cc3)nn2)C1. The van der Waals surface area contributed by atoms with Gasteiger partial charge in [-0.3, -0.25) is 4.79 Å². The van der Waals surface area contributed by atoms with Crippen LogP contribution in [0.1, 0.15) is 18.2 Å². The molecule has 32 heavy (non-hydrogen) atoms. The van der Waals surface area contributed by atoms with Crippen molar-refractivity contribution in [2.45, 2.75) is 25.4 Å². The molecule has 1 aliphatic rings. The van der Waals surface area contributed by atoms with Gasteiger partial charge in [0.25, 0.3) is 5.91 Å². The first-order valence-electron chi connectivity index (χ1n) is 9.72. The minimum absolute atomic E-state index is 0.118. The summed E-state index contributed by atoms with van der Waals surface area (Å²) in [5.74, 6) is -1.07. The lowest BCUT2D eigenvalue weighted by molar-refractivity contribution is -0.145. The summed E-state index contributed by atoms with van der Waals surface area (Å²) in [5, 5.41) is 8.68. The van der Waals surface area contributed by atoms with E-state index in [1.54, 1.807) is 35.1 Å². The van der Waals surface area contributed by atoms with Crippen molar-refractivity contribution in [2.75, 3.05) is 13.1 Å². The molecule has 1 fully saturated rings. The molecule has 0 radical (unpaired) electrons. The Morgan fingerprint density at radius 3 is 2.69 bits per heavy atom. The third-order valence-corrected chi connectivity index (χ3v) is 5.49. The Balaban J connectivity index is 1.30. The van der Waals surface area contributed by atoms with Crippen molar-refractivity contribution in [2.24, 2.45) is 0 Å². The van der Waals surface area contributed by atoms with Gasteiger partial charge in [-0.25, -0.2) is 9.07 Å². The van der Waals surface area contributed by atoms with Crippen molar-refractivity contribution in [3.8, 4) is 11.5 Å². The average molecular weight is 483 g/mol. The number of hydrogen-bond acceptors (Lipinski definition) is 5. The van der Waals surface area contributed by atoms with Crippen LogP contribution in [0.2, 0.25) is 10.0 Å². The molecule has 0 bridgehead atoms. The summed E-state index contributed by atoms with van der Waals surface area (Å²) in [6.07, 6.45) is 0.0528. The van der Waals surface area contributed by atoms with Crippen LogP contribution in [0, 0.1) is 5.82 Å². The van der Waals surface area contributed by atoms with Crippen molar-refractivity contribution in [1.82, 2.24) is 19.9 Å². The molecule has 0 saturated carbocycles. The van der Waals surface area contributed by atoms with Crippen molar-refractivity contribution in [3.63, 3.8) is 0 Å². The van der Waals surface area contributed by atoms with Crippen molar-refractivity contribution in [1.29, 1.82) is 0 Å². The van der Waals surface area contributed by atoms with Crippen molar-refractivity contribution >= 4 is 29.1 Å². The Morgan fingerprint density at radius 1 is 1.19 bits per heavy atom. The lowest BCUT2D eigenvalue weighted by Gasteiger charge is -2.19. The summed E-state index contributed by atoms with van der Waals surface area (Å²) in [7, 11) is 0. The molecular formula is C21H18Cl2F2N4O3. The van der Waals surface area contributed by atoms with Gasteiger partial charge in [0.05, 0.1) is 17.3 Å². The van der Waals surface area contributed by atoms with Crippen molar-refractivity contribution < 1.29 is 23.0 Å². The molecule has 7 nitrogen and oxygen atoms in total. The molecule has 1 amide bonds. The Bertz CT molecular complexity index is 1100. The molecule has 0 spiro atoms. The van der Waals surface area contributed by atoms with Gasteiger partial charge < -0.3 is 14.4 Å². The zero-order chi connectivity index (χ0) is 22.7. The molecule has 0 N–H and O–H groups in total. The number of carbonyl (C=O) groups is 1. The minimum Gasteiger partial charge on any atom is -0.487 e. The zero-order valence-electron chi connectivity index (χ0n) is 16.6. The first kappa shape index (κ1) is 22.3. The number of aromatic nitrogens is 3. The highest BCUT2D eigenvalue weighted by atomic mass is 35.5. The summed E-state index contributed by atoms with van der Waals surface area (Å²) in [6, 6.07) is 10.2. The Morgan fingerprint density at radius 2 is 1.94 bits per heavy atom. The molecule has 11 heteroatoms. The second kappa shape index (κ2) is 9.70. The first-order valence-corrected chi connectivity index (χ1v) is 10.5. The van der Waals surface area contributed by atoms with Crippen LogP contribution in [0.15, 0.2) is 48.7 Å². The lowest BCUT2D eigenvalue weighted by atomic mass is 10.3. The summed E-state index contributed by atoms with van der Waals surface area (Å²) in [5.41, 5.74) is 0.612. The third kappa shape index (κ3) is 5.28. The van der Waals surface area contributed by atoms with E-state index in [2.05, 4.69) is 10.3 Å². The maximum Gasteiger partial charge on any atom is 0.316 e. The molecule has 2 heterocycles. The number of benzene rings is 2. The van der Waals surface area contributed by atoms with E-state index in [1.807, 2.05) is 0 Å². The van der Waals surface area contributed by atoms with Gasteiger partial charge in [-0.1, -0.05) is 28.4 Å². The van der Waals surface area contributed by atoms with Gasteiger partial charge in [0.2, 0.25) is 0 Å². The number of ether oxygens (including phenoxy) is 2. The van der Waals surface area contributed by atoms with E-state index in [9.17, 15) is 13.6 Å². The normalized spacial score (nSPS) is 16.8. The predicted molar refractivity (Wildman–Crippen MR) is 113 cm³/mol. The summed E-state index contributed by atoms with van der Waals surface area (Å²) in [4.78, 5) is 13.7. The minimum atomic E-state index is -2.26. The Kier molecular flexibility index (Phi) is 6.76. The summed E-state index contributed by atoms with van der Waals surface area (Å²) in [6.45, 7) is 0.798. The molecule has 1 saturated heterocycles. The first-order chi connectivity index (χ1) is 15.4. The summed E-state index contributed by atoms with van der Waals surface area (Å²) < 4.78 is 40.1. The monoisotopic (exact) mass is 482 g/mol. The van der Waals surface area contributed by atoms with Gasteiger partial charge in [-0.05, 0) is 42.8 Å². The number of carbonyl (C=O) groups excluding carboxylic acids is 1. The topological polar surface area (TPSA) is 69.5 Å². The maximum atomic E-state index is 14.4. The van der Waals surface area contributed by atoms with Gasteiger partial charge in [-0.15, -0.1) is 5.10 Å². The lowest BCUT2D eigenvalue weighted by Crippen LogP contribution is -2.38. The summed E-state index contributed by atoms with van der Waals surface area (Å²) >= 11 is 11.4. The third-order valence-electron chi connectivity index (χ3n) is 4.93. The highest BCUT2D eigenvalue weighted by molar-refractivity contribution is 6.30. The van der Waals surface area contributed by atoms with E-state index in [0.717, 1.165) is 6.07 Å². The predicted octanol–water partition coefficient (Wildman–Crippen LogP) is 4.45. The van der Waals surface area contributed by atoms with Gasteiger partial charge in [0.15, 0.2) is 0 Å². The number of alkyl halides is 1. The maximum absolute atomic E-state index is 14.4. The van der Waals surface area contributed by atoms with Gasteiger partial charge >= 0.3 is 6.36 Å². The highest BCUT2D eigenvalue weighted by Gasteiger charge is 2.33. The Labute approximate surface area is 192 Å². The number of likely N-dealkylation sites (tertiary alicyclic amines) is 1. The zero-order valence-corrected chi connectivity index (χ0v) is 18.1. The fourth-order valence-electron chi connectivity index (χ4n) is 3.27. The molecule has 2 atom stereocenters. The number of rotatable bonds is 7. The average Bonchev–Trinajstić information content (AvgIpc) is 3.45. The second-order valence-corrected chi connectivity index (χ2v) is 8.01. The molecule has 168 valence electrons. The van der Waals surface area contributed by atoms with E-state index < -0.39 is 18.1 Å². The molecule has 0 aliphatic carbocycles. The fraction of sp³-hybridized carbons (Fsp3) is 0.286. The van der Waals surface area contributed by atoms with E-state index in [4.69, 9.17) is 32.7 Å². The van der Waals surface area contributed by atoms with E-state index in [-0.39, 0.29) is 30.0 Å². The van der Waals surface area contributed by atoms with Crippen LogP contribution in [0.4, 0.5) is 8.78 Å². The van der Waals surface area contributed by atoms with Gasteiger partial charge in [-0.2, -0.15) is 4.39 Å². The quantitative estimate of drug-likeness (QED) is 0.497. The smallest absolute Gasteiger partial charge is 0.316 e. The van der Waals surface area contributed by atoms with E-state index in [0.29, 0.717) is 29.4 Å². The van der Waals surface area contributed by atoms with E-state index in [1.165, 1.54) is 17.0 Å². The number of halogens is 4. The van der Waals surface area contributed by atoms with Crippen LogP contribution in [-0.4, -0.2) is 45.2 Å². The van der Waals surface area contributed by atoms with Crippen LogP contribution in [0.5, 0.6) is 11.5 Å². The molecule has 2 aromatic carbocycles. The van der Waals surface area contributed by atoms with Crippen LogP contribution >= 0.6 is 23.2 Å². The molecule has 1 aromatic heterocycles. The second-order valence-electron chi connectivity index (χ2n) is 7.17. The van der Waals surface area contributed by atoms with Crippen LogP contribution in [0.25, 0.3) is 0 Å². The standard InChI is InChI=1S/C21H18Cl2F2N4O3/c22-13-1-3-16(4-2-13)31-12-14-10-29(27-26-14)15-7-8-28(11-15)21(30)20(25)32-17-5-6-18(23)19(24)9-17/h1-6,9-10,15,20H,7-8,11-12H2/t15-,20?/m0/s1. The molecule has 1 aliphatic heterocycles. The molecule has 4 rings (SSSR count). The largest absolute Gasteiger partial charge is 0.487 e. The highest BCUT2D eigenvalue weighted by Crippen LogP contribution is 2.25. The van der Waals surface area contributed by atoms with E-state index >= 15 is 0 Å². The van der Waals surface area contributed by atoms with Gasteiger partial charge in [0, 0.05) is 24.2 Å². The Hall–Kier alpha value is -2.91. The van der Waals surface area contributed by atoms with Crippen LogP contribution in [0.3, 0.4) is 0 Å². The molecule has 3 aromatic rings.